The Bertz CT molecular complexity index is 2290. The van der Waals surface area contributed by atoms with E-state index < -0.39 is 23.9 Å². The van der Waals surface area contributed by atoms with Crippen molar-refractivity contribution >= 4 is 45.4 Å². The minimum absolute atomic E-state index is 0.109. The van der Waals surface area contributed by atoms with E-state index in [0.717, 1.165) is 52.1 Å². The summed E-state index contributed by atoms with van der Waals surface area (Å²) in [7, 11) is 0. The van der Waals surface area contributed by atoms with Crippen molar-refractivity contribution in [3.05, 3.63) is 154 Å². The molecule has 1 aliphatic carbocycles. The van der Waals surface area contributed by atoms with Crippen LogP contribution >= 0.6 is 0 Å². The molecule has 0 radical (unpaired) electrons. The lowest BCUT2D eigenvalue weighted by Gasteiger charge is -2.37. The minimum Gasteiger partial charge on any atom is -0.457 e. The summed E-state index contributed by atoms with van der Waals surface area (Å²) >= 11 is 0. The fourth-order valence-electron chi connectivity index (χ4n) is 8.27. The quantitative estimate of drug-likeness (QED) is 0.127. The molecule has 7 heteroatoms. The average Bonchev–Trinajstić information content (AvgIpc) is 3.58. The van der Waals surface area contributed by atoms with Crippen LogP contribution in [-0.2, 0) is 21.3 Å². The lowest BCUT2D eigenvalue weighted by molar-refractivity contribution is 0.0425. The first-order chi connectivity index (χ1) is 25.3. The molecule has 0 N–H and O–H groups in total. The van der Waals surface area contributed by atoms with Crippen molar-refractivity contribution in [1.82, 2.24) is 0 Å². The first-order valence-corrected chi connectivity index (χ1v) is 17.9. The molecule has 7 nitrogen and oxygen atoms in total. The number of fused-ring (bicyclic) bond motifs is 4. The van der Waals surface area contributed by atoms with Crippen LogP contribution in [0.4, 0.5) is 0 Å². The number of carbonyl (C=O) groups excluding carboxylic acids is 4. The van der Waals surface area contributed by atoms with Crippen molar-refractivity contribution in [2.24, 2.45) is 0 Å². The number of hydrogen-bond acceptors (Lipinski definition) is 7. The van der Waals surface area contributed by atoms with Gasteiger partial charge in [0.2, 0.25) is 0 Å². The highest BCUT2D eigenvalue weighted by Crippen LogP contribution is 2.44. The van der Waals surface area contributed by atoms with Crippen molar-refractivity contribution < 1.29 is 33.4 Å². The van der Waals surface area contributed by atoms with Gasteiger partial charge in [-0.1, -0.05) is 92.8 Å². The van der Waals surface area contributed by atoms with Gasteiger partial charge in [0.15, 0.2) is 0 Å². The maximum Gasteiger partial charge on any atom is 0.346 e. The van der Waals surface area contributed by atoms with Gasteiger partial charge in [0.25, 0.3) is 0 Å². The number of esters is 4. The van der Waals surface area contributed by atoms with Crippen LogP contribution in [0.1, 0.15) is 109 Å². The predicted molar refractivity (Wildman–Crippen MR) is 196 cm³/mol. The Morgan fingerprint density at radius 2 is 0.885 bits per heavy atom. The molecule has 2 heterocycles. The zero-order valence-electron chi connectivity index (χ0n) is 28.4. The maximum atomic E-state index is 12.1. The Kier molecular flexibility index (Phi) is 7.72. The second-order valence-corrected chi connectivity index (χ2v) is 14.2. The van der Waals surface area contributed by atoms with Gasteiger partial charge in [-0.05, 0) is 112 Å². The van der Waals surface area contributed by atoms with Gasteiger partial charge in [0, 0.05) is 5.41 Å². The van der Waals surface area contributed by atoms with E-state index in [-0.39, 0.29) is 11.0 Å². The first kappa shape index (κ1) is 31.9. The second-order valence-electron chi connectivity index (χ2n) is 14.2. The molecule has 0 atom stereocenters. The lowest BCUT2D eigenvalue weighted by atomic mass is 9.67. The molecule has 6 aromatic rings. The highest BCUT2D eigenvalue weighted by atomic mass is 16.6. The largest absolute Gasteiger partial charge is 0.457 e. The van der Waals surface area contributed by atoms with Gasteiger partial charge < -0.3 is 14.2 Å². The fraction of sp³-hybridized carbons (Fsp3) is 0.200. The zero-order chi connectivity index (χ0) is 35.4. The molecule has 2 aliphatic heterocycles. The smallest absolute Gasteiger partial charge is 0.346 e. The molecular formula is C45H34O7. The molecule has 52 heavy (non-hydrogen) atoms. The third-order valence-electron chi connectivity index (χ3n) is 11.0. The van der Waals surface area contributed by atoms with Crippen LogP contribution in [0.15, 0.2) is 109 Å². The van der Waals surface area contributed by atoms with E-state index in [4.69, 9.17) is 14.2 Å². The van der Waals surface area contributed by atoms with Gasteiger partial charge in [0.05, 0.1) is 22.3 Å². The van der Waals surface area contributed by atoms with E-state index in [1.165, 1.54) is 48.8 Å². The highest BCUT2D eigenvalue weighted by Gasteiger charge is 2.35. The van der Waals surface area contributed by atoms with Crippen molar-refractivity contribution in [3.8, 4) is 11.5 Å². The van der Waals surface area contributed by atoms with Gasteiger partial charge in [-0.3, -0.25) is 0 Å². The SMILES string of the molecule is O=C1OC(=O)c2cc3cc(Cc4ccc(C5(c6ccc(Oc7ccc8cc9c(cc8c7)C(=O)OC9=O)cc6)CCCCCCC5)cc4)ccc3cc21. The van der Waals surface area contributed by atoms with E-state index in [9.17, 15) is 19.2 Å². The molecule has 0 unspecified atom stereocenters. The molecule has 0 saturated heterocycles. The molecule has 0 spiro atoms. The molecule has 6 aromatic carbocycles. The number of cyclic esters (lactones) is 4. The number of hydrogen-bond donors (Lipinski definition) is 0. The summed E-state index contributed by atoms with van der Waals surface area (Å²) < 4.78 is 15.9. The third-order valence-corrected chi connectivity index (χ3v) is 11.0. The molecule has 9 rings (SSSR count). The van der Waals surface area contributed by atoms with Crippen LogP contribution in [0.25, 0.3) is 21.5 Å². The van der Waals surface area contributed by atoms with Gasteiger partial charge in [-0.2, -0.15) is 0 Å². The van der Waals surface area contributed by atoms with Gasteiger partial charge >= 0.3 is 23.9 Å². The summed E-state index contributed by atoms with van der Waals surface area (Å²) in [5.74, 6) is -1.04. The Morgan fingerprint density at radius 3 is 1.46 bits per heavy atom. The van der Waals surface area contributed by atoms with Crippen LogP contribution in [0.5, 0.6) is 11.5 Å². The minimum atomic E-state index is -0.620. The molecule has 0 aromatic heterocycles. The molecule has 0 amide bonds. The van der Waals surface area contributed by atoms with Crippen molar-refractivity contribution in [3.63, 3.8) is 0 Å². The summed E-state index contributed by atoms with van der Waals surface area (Å²) in [6.45, 7) is 0. The van der Waals surface area contributed by atoms with Crippen LogP contribution in [0.2, 0.25) is 0 Å². The fourth-order valence-corrected chi connectivity index (χ4v) is 8.27. The molecule has 256 valence electrons. The number of rotatable bonds is 6. The van der Waals surface area contributed by atoms with Gasteiger partial charge in [0.1, 0.15) is 11.5 Å². The van der Waals surface area contributed by atoms with Gasteiger partial charge in [-0.15, -0.1) is 0 Å². The average molecular weight is 687 g/mol. The second kappa shape index (κ2) is 12.6. The Balaban J connectivity index is 0.967. The summed E-state index contributed by atoms with van der Waals surface area (Å²) in [6, 6.07) is 36.2. The Morgan fingerprint density at radius 1 is 0.442 bits per heavy atom. The van der Waals surface area contributed by atoms with E-state index in [2.05, 4.69) is 48.5 Å². The highest BCUT2D eigenvalue weighted by molar-refractivity contribution is 6.18. The van der Waals surface area contributed by atoms with E-state index >= 15 is 0 Å². The van der Waals surface area contributed by atoms with Crippen LogP contribution in [0, 0.1) is 0 Å². The van der Waals surface area contributed by atoms with E-state index in [1.807, 2.05) is 36.4 Å². The standard InChI is InChI=1S/C45H34O7/c46-41-37-23-29-9-6-28(21-31(29)25-39(37)43(48)51-41)20-27-7-11-33(12-8-27)45(18-4-2-1-3-5-19-45)34-13-16-35(17-14-34)50-36-15-10-30-24-38-40(26-32(30)22-36)44(49)52-42(38)47/h6-17,21-26H,1-5,18-20H2. The number of carbonyl (C=O) groups is 4. The van der Waals surface area contributed by atoms with Crippen molar-refractivity contribution in [1.29, 1.82) is 0 Å². The lowest BCUT2D eigenvalue weighted by Crippen LogP contribution is -2.29. The first-order valence-electron chi connectivity index (χ1n) is 17.9. The summed E-state index contributed by atoms with van der Waals surface area (Å²) in [5.41, 5.74) is 6.06. The summed E-state index contributed by atoms with van der Waals surface area (Å²) in [5, 5.41) is 3.44. The summed E-state index contributed by atoms with van der Waals surface area (Å²) in [4.78, 5) is 48.2. The van der Waals surface area contributed by atoms with Crippen LogP contribution < -0.4 is 4.74 Å². The topological polar surface area (TPSA) is 96.0 Å². The molecular weight excluding hydrogens is 652 g/mol. The number of ether oxygens (including phenoxy) is 3. The molecule has 3 aliphatic rings. The normalized spacial score (nSPS) is 16.6. The van der Waals surface area contributed by atoms with Crippen LogP contribution in [-0.4, -0.2) is 23.9 Å². The molecule has 0 bridgehead atoms. The monoisotopic (exact) mass is 686 g/mol. The molecule has 1 fully saturated rings. The third kappa shape index (κ3) is 5.63. The predicted octanol–water partition coefficient (Wildman–Crippen LogP) is 10.0. The van der Waals surface area contributed by atoms with E-state index in [0.29, 0.717) is 22.4 Å². The van der Waals surface area contributed by atoms with Crippen molar-refractivity contribution in [2.45, 2.75) is 56.8 Å². The van der Waals surface area contributed by atoms with Crippen molar-refractivity contribution in [2.75, 3.05) is 0 Å². The maximum absolute atomic E-state index is 12.1. The Labute approximate surface area is 300 Å². The number of benzene rings is 6. The van der Waals surface area contributed by atoms with Crippen LogP contribution in [0.3, 0.4) is 0 Å². The molecule has 1 saturated carbocycles. The zero-order valence-corrected chi connectivity index (χ0v) is 28.4. The Hall–Kier alpha value is -6.08. The summed E-state index contributed by atoms with van der Waals surface area (Å²) in [6.07, 6.45) is 8.97. The van der Waals surface area contributed by atoms with E-state index in [1.54, 1.807) is 24.3 Å². The van der Waals surface area contributed by atoms with Gasteiger partial charge in [-0.25, -0.2) is 19.2 Å².